The summed E-state index contributed by atoms with van der Waals surface area (Å²) in [4.78, 5) is 12.8. The van der Waals surface area contributed by atoms with E-state index < -0.39 is 0 Å². The van der Waals surface area contributed by atoms with Gasteiger partial charge in [-0.15, -0.1) is 0 Å². The molecule has 0 unspecified atom stereocenters. The van der Waals surface area contributed by atoms with Crippen LogP contribution in [0.3, 0.4) is 0 Å². The van der Waals surface area contributed by atoms with E-state index in [9.17, 15) is 4.79 Å². The first-order chi connectivity index (χ1) is 19.0. The Morgan fingerprint density at radius 3 is 1.59 bits per heavy atom. The molecule has 0 bridgehead atoms. The summed E-state index contributed by atoms with van der Waals surface area (Å²) in [7, 11) is 0. The maximum atomic E-state index is 12.8. The molecule has 1 saturated carbocycles. The molecular formula is C37H40O2. The molecule has 0 N–H and O–H groups in total. The van der Waals surface area contributed by atoms with Crippen molar-refractivity contribution in [1.82, 2.24) is 0 Å². The Bertz CT molecular complexity index is 1310. The molecule has 0 saturated heterocycles. The fraction of sp³-hybridized carbons (Fsp3) is 0.324. The number of carbonyl (C=O) groups excluding carboxylic acids is 1. The van der Waals surface area contributed by atoms with Crippen molar-refractivity contribution in [3.05, 3.63) is 136 Å². The quantitative estimate of drug-likeness (QED) is 0.132. The third-order valence-corrected chi connectivity index (χ3v) is 8.66. The molecule has 0 spiro atoms. The summed E-state index contributed by atoms with van der Waals surface area (Å²) in [6.07, 6.45) is 8.30. The maximum Gasteiger partial charge on any atom is 0.343 e. The highest BCUT2D eigenvalue weighted by Gasteiger charge is 2.44. The van der Waals surface area contributed by atoms with Crippen LogP contribution in [0.5, 0.6) is 5.75 Å². The minimum absolute atomic E-state index is 0.265. The first kappa shape index (κ1) is 26.9. The van der Waals surface area contributed by atoms with E-state index in [4.69, 9.17) is 4.74 Å². The van der Waals surface area contributed by atoms with Gasteiger partial charge in [0, 0.05) is 5.41 Å². The first-order valence-electron chi connectivity index (χ1n) is 14.6. The second kappa shape index (κ2) is 12.0. The Morgan fingerprint density at radius 2 is 1.13 bits per heavy atom. The zero-order valence-corrected chi connectivity index (χ0v) is 23.6. The van der Waals surface area contributed by atoms with Crippen LogP contribution in [0.15, 0.2) is 97.1 Å². The Labute approximate surface area is 234 Å². The van der Waals surface area contributed by atoms with Crippen LogP contribution in [0.4, 0.5) is 0 Å². The summed E-state index contributed by atoms with van der Waals surface area (Å²) in [5.74, 6) is 0.739. The third-order valence-electron chi connectivity index (χ3n) is 8.66. The maximum absolute atomic E-state index is 12.8. The average molecular weight is 517 g/mol. The lowest BCUT2D eigenvalue weighted by Gasteiger charge is -2.45. The zero-order valence-electron chi connectivity index (χ0n) is 23.6. The molecule has 5 rings (SSSR count). The number of rotatable bonds is 8. The second-order valence-corrected chi connectivity index (χ2v) is 11.0. The molecule has 0 aromatic heterocycles. The lowest BCUT2D eigenvalue weighted by atomic mass is 9.58. The van der Waals surface area contributed by atoms with Crippen LogP contribution in [0.1, 0.15) is 89.7 Å². The molecule has 200 valence electrons. The molecule has 39 heavy (non-hydrogen) atoms. The standard InChI is InChI=1S/C37H40O2/c1-4-28-13-19-32(20-14-28)37(31-9-7-6-8-10-31,33-21-15-29(5-2)16-22-33)34-23-25-35(26-24-34)39-36(38)30-17-11-27(3)12-18-30/h11-26,31H,4-10H2,1-3H3. The van der Waals surface area contributed by atoms with Crippen molar-refractivity contribution in [2.75, 3.05) is 0 Å². The van der Waals surface area contributed by atoms with Crippen LogP contribution in [-0.4, -0.2) is 5.97 Å². The monoisotopic (exact) mass is 516 g/mol. The average Bonchev–Trinajstić information content (AvgIpc) is 3.00. The molecule has 0 heterocycles. The first-order valence-corrected chi connectivity index (χ1v) is 14.6. The number of esters is 1. The molecule has 1 fully saturated rings. The Kier molecular flexibility index (Phi) is 8.31. The van der Waals surface area contributed by atoms with Crippen molar-refractivity contribution in [1.29, 1.82) is 0 Å². The van der Waals surface area contributed by atoms with Crippen molar-refractivity contribution in [2.24, 2.45) is 5.92 Å². The van der Waals surface area contributed by atoms with Crippen molar-refractivity contribution in [2.45, 2.75) is 71.1 Å². The van der Waals surface area contributed by atoms with E-state index in [-0.39, 0.29) is 11.4 Å². The molecule has 0 radical (unpaired) electrons. The summed E-state index contributed by atoms with van der Waals surface area (Å²) >= 11 is 0. The topological polar surface area (TPSA) is 26.3 Å². The van der Waals surface area contributed by atoms with Crippen LogP contribution in [0.2, 0.25) is 0 Å². The summed E-state index contributed by atoms with van der Waals surface area (Å²) in [5, 5.41) is 0. The molecular weight excluding hydrogens is 476 g/mol. The number of benzene rings is 4. The highest BCUT2D eigenvalue weighted by molar-refractivity contribution is 5.91. The van der Waals surface area contributed by atoms with Crippen LogP contribution in [0, 0.1) is 12.8 Å². The molecule has 4 aromatic carbocycles. The second-order valence-electron chi connectivity index (χ2n) is 11.0. The molecule has 0 atom stereocenters. The van der Waals surface area contributed by atoms with Gasteiger partial charge in [0.2, 0.25) is 0 Å². The van der Waals surface area contributed by atoms with Gasteiger partial charge >= 0.3 is 5.97 Å². The predicted octanol–water partition coefficient (Wildman–Crippen LogP) is 9.25. The minimum Gasteiger partial charge on any atom is -0.423 e. The lowest BCUT2D eigenvalue weighted by molar-refractivity contribution is 0.0734. The van der Waals surface area contributed by atoms with Gasteiger partial charge in [0.05, 0.1) is 5.56 Å². The predicted molar refractivity (Wildman–Crippen MR) is 161 cm³/mol. The number of hydrogen-bond donors (Lipinski definition) is 0. The fourth-order valence-electron chi connectivity index (χ4n) is 6.39. The largest absolute Gasteiger partial charge is 0.423 e. The number of ether oxygens (including phenoxy) is 1. The van der Waals surface area contributed by atoms with E-state index in [2.05, 4.69) is 74.5 Å². The van der Waals surface area contributed by atoms with E-state index >= 15 is 0 Å². The highest BCUT2D eigenvalue weighted by atomic mass is 16.5. The van der Waals surface area contributed by atoms with Gasteiger partial charge in [-0.05, 0) is 90.6 Å². The summed E-state index contributed by atoms with van der Waals surface area (Å²) in [6.45, 7) is 6.44. The van der Waals surface area contributed by atoms with Gasteiger partial charge in [-0.3, -0.25) is 0 Å². The molecule has 4 aromatic rings. The van der Waals surface area contributed by atoms with Gasteiger partial charge < -0.3 is 4.74 Å². The van der Waals surface area contributed by atoms with Gasteiger partial charge in [-0.2, -0.15) is 0 Å². The van der Waals surface area contributed by atoms with Crippen molar-refractivity contribution in [3.8, 4) is 5.75 Å². The smallest absolute Gasteiger partial charge is 0.343 e. The van der Waals surface area contributed by atoms with Gasteiger partial charge in [0.1, 0.15) is 5.75 Å². The Hall–Kier alpha value is -3.65. The van der Waals surface area contributed by atoms with Crippen LogP contribution >= 0.6 is 0 Å². The molecule has 0 amide bonds. The number of carbonyl (C=O) groups is 1. The minimum atomic E-state index is -0.327. The van der Waals surface area contributed by atoms with E-state index in [0.717, 1.165) is 18.4 Å². The molecule has 2 nitrogen and oxygen atoms in total. The Morgan fingerprint density at radius 1 is 0.667 bits per heavy atom. The van der Waals surface area contributed by atoms with Gasteiger partial charge in [0.25, 0.3) is 0 Å². The van der Waals surface area contributed by atoms with Gasteiger partial charge in [-0.1, -0.05) is 111 Å². The summed E-state index contributed by atoms with van der Waals surface area (Å²) in [5.41, 5.74) is 8.09. The Balaban J connectivity index is 1.60. The lowest BCUT2D eigenvalue weighted by Crippen LogP contribution is -2.39. The van der Waals surface area contributed by atoms with E-state index in [0.29, 0.717) is 17.2 Å². The highest BCUT2D eigenvalue weighted by Crippen LogP contribution is 2.50. The zero-order chi connectivity index (χ0) is 27.2. The summed E-state index contributed by atoms with van der Waals surface area (Å²) < 4.78 is 5.79. The van der Waals surface area contributed by atoms with Crippen molar-refractivity contribution >= 4 is 5.97 Å². The summed E-state index contributed by atoms with van der Waals surface area (Å²) in [6, 6.07) is 34.4. The van der Waals surface area contributed by atoms with Crippen LogP contribution in [0.25, 0.3) is 0 Å². The normalized spacial score (nSPS) is 14.2. The van der Waals surface area contributed by atoms with Crippen molar-refractivity contribution in [3.63, 3.8) is 0 Å². The SMILES string of the molecule is CCc1ccc(C(c2ccc(CC)cc2)(c2ccc(OC(=O)c3ccc(C)cc3)cc2)C2CCCCC2)cc1. The molecule has 1 aliphatic carbocycles. The molecule has 0 aliphatic heterocycles. The van der Waals surface area contributed by atoms with Crippen LogP contribution < -0.4 is 4.74 Å². The van der Waals surface area contributed by atoms with E-state index in [1.54, 1.807) is 0 Å². The molecule has 2 heteroatoms. The molecule has 1 aliphatic rings. The van der Waals surface area contributed by atoms with E-state index in [1.807, 2.05) is 43.3 Å². The van der Waals surface area contributed by atoms with Crippen molar-refractivity contribution < 1.29 is 9.53 Å². The van der Waals surface area contributed by atoms with E-state index in [1.165, 1.54) is 59.9 Å². The van der Waals surface area contributed by atoms with Gasteiger partial charge in [-0.25, -0.2) is 4.79 Å². The fourth-order valence-corrected chi connectivity index (χ4v) is 6.39. The number of aryl methyl sites for hydroxylation is 3. The van der Waals surface area contributed by atoms with Crippen LogP contribution in [-0.2, 0) is 18.3 Å². The van der Waals surface area contributed by atoms with Gasteiger partial charge in [0.15, 0.2) is 0 Å². The number of hydrogen-bond acceptors (Lipinski definition) is 2. The third kappa shape index (κ3) is 5.57.